The van der Waals surface area contributed by atoms with Crippen LogP contribution in [0.2, 0.25) is 5.02 Å². The molecule has 0 aliphatic rings. The van der Waals surface area contributed by atoms with Gasteiger partial charge in [-0.3, -0.25) is 0 Å². The number of benzene rings is 1. The molecule has 0 N–H and O–H groups in total. The summed E-state index contributed by atoms with van der Waals surface area (Å²) in [6.45, 7) is 0. The van der Waals surface area contributed by atoms with Crippen LogP contribution in [0.15, 0.2) is 17.0 Å². The maximum absolute atomic E-state index is 11.2. The van der Waals surface area contributed by atoms with Gasteiger partial charge in [-0.2, -0.15) is 5.26 Å². The largest absolute Gasteiger partial charge is 0.465 e. The standard InChI is InChI=1S/C9H6ClNO2S/c1-13-9(12)6-2-5(4-11)8(14)3-7(6)10/h2-3,14H,1H3. The first-order valence-electron chi connectivity index (χ1n) is 3.61. The minimum absolute atomic E-state index is 0.170. The van der Waals surface area contributed by atoms with E-state index in [1.54, 1.807) is 0 Å². The number of rotatable bonds is 1. The normalized spacial score (nSPS) is 9.29. The second-order valence-electron chi connectivity index (χ2n) is 2.45. The van der Waals surface area contributed by atoms with Gasteiger partial charge in [0.25, 0.3) is 0 Å². The summed E-state index contributed by atoms with van der Waals surface area (Å²) < 4.78 is 4.50. The first-order valence-corrected chi connectivity index (χ1v) is 4.43. The number of esters is 1. The van der Waals surface area contributed by atoms with Crippen LogP contribution in [0, 0.1) is 11.3 Å². The van der Waals surface area contributed by atoms with E-state index in [2.05, 4.69) is 17.4 Å². The summed E-state index contributed by atoms with van der Waals surface area (Å²) >= 11 is 9.81. The van der Waals surface area contributed by atoms with Crippen molar-refractivity contribution >= 4 is 30.2 Å². The molecule has 0 aliphatic heterocycles. The van der Waals surface area contributed by atoms with Gasteiger partial charge in [0.1, 0.15) is 6.07 Å². The highest BCUT2D eigenvalue weighted by Gasteiger charge is 2.13. The maximum atomic E-state index is 11.2. The minimum atomic E-state index is -0.570. The maximum Gasteiger partial charge on any atom is 0.339 e. The molecule has 1 aromatic rings. The molecule has 0 radical (unpaired) electrons. The molecule has 1 aromatic carbocycles. The number of nitriles is 1. The highest BCUT2D eigenvalue weighted by Crippen LogP contribution is 2.24. The van der Waals surface area contributed by atoms with Crippen molar-refractivity contribution in [2.24, 2.45) is 0 Å². The van der Waals surface area contributed by atoms with Gasteiger partial charge in [-0.05, 0) is 12.1 Å². The van der Waals surface area contributed by atoms with Gasteiger partial charge in [-0.15, -0.1) is 12.6 Å². The van der Waals surface area contributed by atoms with E-state index >= 15 is 0 Å². The summed E-state index contributed by atoms with van der Waals surface area (Å²) in [7, 11) is 1.25. The summed E-state index contributed by atoms with van der Waals surface area (Å²) in [6.07, 6.45) is 0. The average molecular weight is 228 g/mol. The lowest BCUT2D eigenvalue weighted by Gasteiger charge is -2.04. The highest BCUT2D eigenvalue weighted by atomic mass is 35.5. The van der Waals surface area contributed by atoms with E-state index < -0.39 is 5.97 Å². The Kier molecular flexibility index (Phi) is 3.39. The predicted octanol–water partition coefficient (Wildman–Crippen LogP) is 2.29. The van der Waals surface area contributed by atoms with E-state index in [-0.39, 0.29) is 16.1 Å². The second-order valence-corrected chi connectivity index (χ2v) is 3.34. The molecular formula is C9H6ClNO2S. The van der Waals surface area contributed by atoms with Gasteiger partial charge in [0.2, 0.25) is 0 Å². The molecule has 0 atom stereocenters. The van der Waals surface area contributed by atoms with Gasteiger partial charge in [0, 0.05) is 4.90 Å². The van der Waals surface area contributed by atoms with Crippen LogP contribution < -0.4 is 0 Å². The zero-order valence-corrected chi connectivity index (χ0v) is 8.89. The van der Waals surface area contributed by atoms with Gasteiger partial charge in [0.15, 0.2) is 0 Å². The summed E-state index contributed by atoms with van der Waals surface area (Å²) in [4.78, 5) is 11.6. The fourth-order valence-electron chi connectivity index (χ4n) is 0.919. The van der Waals surface area contributed by atoms with Gasteiger partial charge in [-0.25, -0.2) is 4.79 Å². The molecule has 1 rings (SSSR count). The van der Waals surface area contributed by atoms with E-state index in [4.69, 9.17) is 16.9 Å². The third kappa shape index (κ3) is 2.00. The molecule has 3 nitrogen and oxygen atoms in total. The SMILES string of the molecule is COC(=O)c1cc(C#N)c(S)cc1Cl. The van der Waals surface area contributed by atoms with E-state index in [0.717, 1.165) is 0 Å². The number of ether oxygens (including phenoxy) is 1. The van der Waals surface area contributed by atoms with Gasteiger partial charge >= 0.3 is 5.97 Å². The summed E-state index contributed by atoms with van der Waals surface area (Å²) in [5.74, 6) is -0.570. The van der Waals surface area contributed by atoms with Crippen LogP contribution in [0.3, 0.4) is 0 Å². The number of hydrogen-bond donors (Lipinski definition) is 1. The van der Waals surface area contributed by atoms with Gasteiger partial charge < -0.3 is 4.74 Å². The first-order chi connectivity index (χ1) is 6.60. The molecule has 0 bridgehead atoms. The van der Waals surface area contributed by atoms with Crippen LogP contribution in [-0.4, -0.2) is 13.1 Å². The number of halogens is 1. The van der Waals surface area contributed by atoms with Crippen LogP contribution in [-0.2, 0) is 4.74 Å². The van der Waals surface area contributed by atoms with E-state index in [1.807, 2.05) is 6.07 Å². The Morgan fingerprint density at radius 3 is 2.79 bits per heavy atom. The van der Waals surface area contributed by atoms with Crippen molar-refractivity contribution in [3.63, 3.8) is 0 Å². The third-order valence-corrected chi connectivity index (χ3v) is 2.29. The van der Waals surface area contributed by atoms with Crippen molar-refractivity contribution in [3.05, 3.63) is 28.3 Å². The number of nitrogens with zero attached hydrogens (tertiary/aromatic N) is 1. The summed E-state index contributed by atoms with van der Waals surface area (Å²) in [5.41, 5.74) is 0.460. The van der Waals surface area contributed by atoms with Crippen LogP contribution in [0.4, 0.5) is 0 Å². The van der Waals surface area contributed by atoms with Crippen LogP contribution in [0.1, 0.15) is 15.9 Å². The van der Waals surface area contributed by atoms with Crippen molar-refractivity contribution in [2.75, 3.05) is 7.11 Å². The molecule has 14 heavy (non-hydrogen) atoms. The third-order valence-electron chi connectivity index (χ3n) is 1.61. The Hall–Kier alpha value is -1.18. The summed E-state index contributed by atoms with van der Waals surface area (Å²) in [6, 6.07) is 4.70. The Balaban J connectivity index is 3.33. The zero-order valence-electron chi connectivity index (χ0n) is 7.24. The lowest BCUT2D eigenvalue weighted by atomic mass is 10.1. The smallest absolute Gasteiger partial charge is 0.339 e. The molecule has 0 spiro atoms. The first kappa shape index (κ1) is 10.9. The lowest BCUT2D eigenvalue weighted by Crippen LogP contribution is -2.02. The average Bonchev–Trinajstić information content (AvgIpc) is 2.17. The van der Waals surface area contributed by atoms with Crippen molar-refractivity contribution in [2.45, 2.75) is 4.90 Å². The number of thiol groups is 1. The molecule has 5 heteroatoms. The molecule has 0 heterocycles. The predicted molar refractivity (Wildman–Crippen MR) is 54.8 cm³/mol. The van der Waals surface area contributed by atoms with E-state index in [0.29, 0.717) is 4.90 Å². The Morgan fingerprint density at radius 2 is 2.29 bits per heavy atom. The quantitative estimate of drug-likeness (QED) is 0.592. The number of carbonyl (C=O) groups excluding carboxylic acids is 1. The van der Waals surface area contributed by atoms with Crippen LogP contribution in [0.25, 0.3) is 0 Å². The Labute approximate surface area is 91.7 Å². The van der Waals surface area contributed by atoms with Crippen molar-refractivity contribution < 1.29 is 9.53 Å². The van der Waals surface area contributed by atoms with Crippen molar-refractivity contribution in [3.8, 4) is 6.07 Å². The van der Waals surface area contributed by atoms with Crippen molar-refractivity contribution in [1.82, 2.24) is 0 Å². The second kappa shape index (κ2) is 4.36. The Morgan fingerprint density at radius 1 is 1.64 bits per heavy atom. The van der Waals surface area contributed by atoms with Crippen LogP contribution in [0.5, 0.6) is 0 Å². The molecule has 0 aliphatic carbocycles. The lowest BCUT2D eigenvalue weighted by molar-refractivity contribution is 0.0601. The van der Waals surface area contributed by atoms with E-state index in [1.165, 1.54) is 19.2 Å². The van der Waals surface area contributed by atoms with Gasteiger partial charge in [0.05, 0.1) is 23.3 Å². The Bertz CT molecular complexity index is 426. The van der Waals surface area contributed by atoms with E-state index in [9.17, 15) is 4.79 Å². The molecule has 0 saturated heterocycles. The monoisotopic (exact) mass is 227 g/mol. The molecule has 0 amide bonds. The molecule has 0 aromatic heterocycles. The molecule has 0 fully saturated rings. The minimum Gasteiger partial charge on any atom is -0.465 e. The number of carbonyl (C=O) groups is 1. The fourth-order valence-corrected chi connectivity index (χ4v) is 1.48. The molecule has 0 unspecified atom stereocenters. The summed E-state index contributed by atoms with van der Waals surface area (Å²) in [5, 5.41) is 8.92. The fraction of sp³-hybridized carbons (Fsp3) is 0.111. The highest BCUT2D eigenvalue weighted by molar-refractivity contribution is 7.80. The number of methoxy groups -OCH3 is 1. The molecule has 72 valence electrons. The molecular weight excluding hydrogens is 222 g/mol. The van der Waals surface area contributed by atoms with Crippen LogP contribution >= 0.6 is 24.2 Å². The topological polar surface area (TPSA) is 50.1 Å². The van der Waals surface area contributed by atoms with Crippen molar-refractivity contribution in [1.29, 1.82) is 5.26 Å². The zero-order chi connectivity index (χ0) is 10.7. The van der Waals surface area contributed by atoms with Gasteiger partial charge in [-0.1, -0.05) is 11.6 Å². The molecule has 0 saturated carbocycles. The number of hydrogen-bond acceptors (Lipinski definition) is 4.